The number of methoxy groups -OCH3 is 1. The average Bonchev–Trinajstić information content (AvgIpc) is 1.84. The molecular weight excluding hydrogens is 106 g/mol. The fourth-order valence-corrected chi connectivity index (χ4v) is 0.269. The van der Waals surface area contributed by atoms with Crippen molar-refractivity contribution in [3.8, 4) is 0 Å². The van der Waals surface area contributed by atoms with E-state index < -0.39 is 12.0 Å². The number of hydrogen-bond donors (Lipinski definition) is 1. The predicted octanol–water partition coefficient (Wildman–Crippen LogP) is -0.289. The largest absolute Gasteiger partial charge is 0.468 e. The minimum atomic E-state index is -0.556. The molecule has 0 fully saturated rings. The van der Waals surface area contributed by atoms with Gasteiger partial charge in [0.1, 0.15) is 6.04 Å². The molecule has 0 aromatic rings. The minimum Gasteiger partial charge on any atom is -0.468 e. The zero-order valence-electron chi connectivity index (χ0n) is 4.89. The quantitative estimate of drug-likeness (QED) is 0.504. The molecule has 0 aliphatic rings. The van der Waals surface area contributed by atoms with Crippen molar-refractivity contribution >= 4 is 5.97 Å². The second-order valence-electron chi connectivity index (χ2n) is 1.42. The topological polar surface area (TPSA) is 52.3 Å². The van der Waals surface area contributed by atoms with Gasteiger partial charge in [0.05, 0.1) is 7.11 Å². The molecule has 0 aliphatic heterocycles. The molecule has 0 aromatic heterocycles. The fourth-order valence-electron chi connectivity index (χ4n) is 0.269. The summed E-state index contributed by atoms with van der Waals surface area (Å²) in [6.07, 6.45) is 0.382. The Balaban J connectivity index is 3.46. The van der Waals surface area contributed by atoms with Gasteiger partial charge in [0.25, 0.3) is 0 Å². The van der Waals surface area contributed by atoms with Crippen LogP contribution < -0.4 is 5.73 Å². The Bertz CT molecular complexity index is 82.5. The van der Waals surface area contributed by atoms with Crippen molar-refractivity contribution in [3.63, 3.8) is 0 Å². The molecule has 0 bridgehead atoms. The lowest BCUT2D eigenvalue weighted by Crippen LogP contribution is -2.30. The van der Waals surface area contributed by atoms with Crippen molar-refractivity contribution < 1.29 is 9.53 Å². The predicted molar refractivity (Wildman–Crippen MR) is 30.0 cm³/mol. The number of nitrogens with two attached hydrogens (primary N) is 1. The lowest BCUT2D eigenvalue weighted by atomic mass is 10.2. The van der Waals surface area contributed by atoms with Gasteiger partial charge >= 0.3 is 5.97 Å². The standard InChI is InChI=1S/C5H10NO2/c1-3-4(6)5(7)8-2/h4H,1,3,6H2,2H3. The van der Waals surface area contributed by atoms with Crippen molar-refractivity contribution in [1.29, 1.82) is 0 Å². The maximum absolute atomic E-state index is 10.4. The smallest absolute Gasteiger partial charge is 0.322 e. The highest BCUT2D eigenvalue weighted by atomic mass is 16.5. The molecular formula is C5H10NO2. The van der Waals surface area contributed by atoms with Crippen LogP contribution in [0.15, 0.2) is 0 Å². The molecule has 0 saturated carbocycles. The monoisotopic (exact) mass is 116 g/mol. The Morgan fingerprint density at radius 3 is 2.62 bits per heavy atom. The lowest BCUT2D eigenvalue weighted by molar-refractivity contribution is -0.142. The van der Waals surface area contributed by atoms with Crippen LogP contribution in [0.25, 0.3) is 0 Å². The second-order valence-corrected chi connectivity index (χ2v) is 1.42. The molecule has 1 unspecified atom stereocenters. The van der Waals surface area contributed by atoms with E-state index >= 15 is 0 Å². The van der Waals surface area contributed by atoms with Gasteiger partial charge in [0.15, 0.2) is 0 Å². The van der Waals surface area contributed by atoms with Crippen molar-refractivity contribution in [1.82, 2.24) is 0 Å². The van der Waals surface area contributed by atoms with Gasteiger partial charge in [-0.25, -0.2) is 0 Å². The highest BCUT2D eigenvalue weighted by Gasteiger charge is 2.08. The third kappa shape index (κ3) is 1.93. The molecule has 0 aromatic carbocycles. The Morgan fingerprint density at radius 1 is 2.00 bits per heavy atom. The molecule has 0 rings (SSSR count). The molecule has 3 nitrogen and oxygen atoms in total. The van der Waals surface area contributed by atoms with E-state index in [9.17, 15) is 4.79 Å². The summed E-state index contributed by atoms with van der Waals surface area (Å²) in [6, 6.07) is -0.556. The molecule has 0 saturated heterocycles. The summed E-state index contributed by atoms with van der Waals surface area (Å²) >= 11 is 0. The van der Waals surface area contributed by atoms with Gasteiger partial charge in [-0.2, -0.15) is 0 Å². The van der Waals surface area contributed by atoms with E-state index in [1.165, 1.54) is 7.11 Å². The molecule has 1 radical (unpaired) electrons. The van der Waals surface area contributed by atoms with Gasteiger partial charge in [-0.15, -0.1) is 0 Å². The van der Waals surface area contributed by atoms with E-state index in [2.05, 4.69) is 11.7 Å². The first kappa shape index (κ1) is 7.43. The Morgan fingerprint density at radius 2 is 2.50 bits per heavy atom. The van der Waals surface area contributed by atoms with Crippen LogP contribution in [0, 0.1) is 6.92 Å². The normalized spacial score (nSPS) is 12.9. The van der Waals surface area contributed by atoms with Crippen LogP contribution in [0.5, 0.6) is 0 Å². The van der Waals surface area contributed by atoms with Crippen LogP contribution >= 0.6 is 0 Å². The van der Waals surface area contributed by atoms with Crippen LogP contribution in [-0.2, 0) is 9.53 Å². The Labute approximate surface area is 48.8 Å². The van der Waals surface area contributed by atoms with Gasteiger partial charge < -0.3 is 10.5 Å². The molecule has 0 heterocycles. The molecule has 0 amide bonds. The van der Waals surface area contributed by atoms with Gasteiger partial charge in [0, 0.05) is 0 Å². The number of rotatable bonds is 2. The highest BCUT2D eigenvalue weighted by molar-refractivity contribution is 5.75. The van der Waals surface area contributed by atoms with Crippen LogP contribution in [0.4, 0.5) is 0 Å². The third-order valence-electron chi connectivity index (χ3n) is 0.815. The Kier molecular flexibility index (Phi) is 3.19. The minimum absolute atomic E-state index is 0.382. The number of carbonyl (C=O) groups is 1. The summed E-state index contributed by atoms with van der Waals surface area (Å²) in [5, 5.41) is 0. The van der Waals surface area contributed by atoms with E-state index in [4.69, 9.17) is 5.73 Å². The van der Waals surface area contributed by atoms with Gasteiger partial charge in [-0.1, -0.05) is 6.92 Å². The number of carbonyl (C=O) groups excluding carboxylic acids is 1. The first-order chi connectivity index (χ1) is 3.72. The van der Waals surface area contributed by atoms with E-state index in [-0.39, 0.29) is 0 Å². The molecule has 8 heavy (non-hydrogen) atoms. The van der Waals surface area contributed by atoms with Crippen molar-refractivity contribution in [2.24, 2.45) is 5.73 Å². The summed E-state index contributed by atoms with van der Waals surface area (Å²) in [6.45, 7) is 3.43. The van der Waals surface area contributed by atoms with Gasteiger partial charge in [-0.05, 0) is 6.42 Å². The first-order valence-corrected chi connectivity index (χ1v) is 2.35. The van der Waals surface area contributed by atoms with Crippen LogP contribution in [0.2, 0.25) is 0 Å². The third-order valence-corrected chi connectivity index (χ3v) is 0.815. The molecule has 1 atom stereocenters. The summed E-state index contributed by atoms with van der Waals surface area (Å²) < 4.78 is 4.30. The van der Waals surface area contributed by atoms with Gasteiger partial charge in [-0.3, -0.25) is 4.79 Å². The summed E-state index contributed by atoms with van der Waals surface area (Å²) in [7, 11) is 1.30. The number of esters is 1. The SMILES string of the molecule is [CH2]CC(N)C(=O)OC. The molecule has 2 N–H and O–H groups in total. The fraction of sp³-hybridized carbons (Fsp3) is 0.600. The summed E-state index contributed by atoms with van der Waals surface area (Å²) in [4.78, 5) is 10.4. The van der Waals surface area contributed by atoms with Crippen LogP contribution in [-0.4, -0.2) is 19.1 Å². The molecule has 0 aliphatic carbocycles. The lowest BCUT2D eigenvalue weighted by Gasteiger charge is -2.03. The second kappa shape index (κ2) is 3.43. The van der Waals surface area contributed by atoms with E-state index in [0.717, 1.165) is 0 Å². The summed E-state index contributed by atoms with van der Waals surface area (Å²) in [5.41, 5.74) is 5.19. The van der Waals surface area contributed by atoms with E-state index in [0.29, 0.717) is 6.42 Å². The highest BCUT2D eigenvalue weighted by Crippen LogP contribution is 1.86. The van der Waals surface area contributed by atoms with E-state index in [1.807, 2.05) is 0 Å². The Hall–Kier alpha value is -0.570. The van der Waals surface area contributed by atoms with Crippen LogP contribution in [0.3, 0.4) is 0 Å². The average molecular weight is 116 g/mol. The first-order valence-electron chi connectivity index (χ1n) is 2.35. The van der Waals surface area contributed by atoms with Crippen molar-refractivity contribution in [2.75, 3.05) is 7.11 Å². The molecule has 47 valence electrons. The zero-order chi connectivity index (χ0) is 6.57. The molecule has 0 spiro atoms. The maximum Gasteiger partial charge on any atom is 0.322 e. The maximum atomic E-state index is 10.4. The van der Waals surface area contributed by atoms with E-state index in [1.54, 1.807) is 0 Å². The van der Waals surface area contributed by atoms with Crippen molar-refractivity contribution in [2.45, 2.75) is 12.5 Å². The van der Waals surface area contributed by atoms with Gasteiger partial charge in [0.2, 0.25) is 0 Å². The summed E-state index contributed by atoms with van der Waals surface area (Å²) in [5.74, 6) is -0.403. The number of hydrogen-bond acceptors (Lipinski definition) is 3. The van der Waals surface area contributed by atoms with Crippen molar-refractivity contribution in [3.05, 3.63) is 6.92 Å². The van der Waals surface area contributed by atoms with Crippen LogP contribution in [0.1, 0.15) is 6.42 Å². The number of ether oxygens (including phenoxy) is 1. The molecule has 3 heteroatoms. The zero-order valence-corrected chi connectivity index (χ0v) is 4.89.